The molecule has 1 unspecified atom stereocenters. The first-order valence-electron chi connectivity index (χ1n) is 7.87. The van der Waals surface area contributed by atoms with Crippen molar-refractivity contribution in [1.29, 1.82) is 0 Å². The number of hydrogen-bond acceptors (Lipinski definition) is 3. The van der Waals surface area contributed by atoms with Crippen LogP contribution in [0.1, 0.15) is 32.3 Å². The molecule has 2 rings (SSSR count). The molecule has 1 aromatic carbocycles. The summed E-state index contributed by atoms with van der Waals surface area (Å²) in [7, 11) is 1.82. The first kappa shape index (κ1) is 16.8. The minimum Gasteiger partial charge on any atom is -0.380 e. The van der Waals surface area contributed by atoms with E-state index in [2.05, 4.69) is 58.2 Å². The summed E-state index contributed by atoms with van der Waals surface area (Å²) >= 11 is 3.61. The van der Waals surface area contributed by atoms with Crippen LogP contribution >= 0.6 is 15.9 Å². The van der Waals surface area contributed by atoms with E-state index in [4.69, 9.17) is 4.74 Å². The Kier molecular flexibility index (Phi) is 6.52. The summed E-state index contributed by atoms with van der Waals surface area (Å²) in [6.07, 6.45) is 2.72. The Morgan fingerprint density at radius 1 is 1.43 bits per heavy atom. The van der Waals surface area contributed by atoms with Crippen molar-refractivity contribution in [3.05, 3.63) is 28.2 Å². The van der Waals surface area contributed by atoms with Gasteiger partial charge in [-0.05, 0) is 43.0 Å². The van der Waals surface area contributed by atoms with Crippen LogP contribution in [-0.2, 0) is 11.3 Å². The van der Waals surface area contributed by atoms with Crippen molar-refractivity contribution in [2.75, 3.05) is 31.6 Å². The molecule has 1 aliphatic rings. The van der Waals surface area contributed by atoms with Crippen LogP contribution in [0.5, 0.6) is 0 Å². The van der Waals surface area contributed by atoms with Crippen LogP contribution in [0.3, 0.4) is 0 Å². The van der Waals surface area contributed by atoms with Gasteiger partial charge in [0.2, 0.25) is 0 Å². The van der Waals surface area contributed by atoms with Crippen molar-refractivity contribution in [2.45, 2.75) is 39.3 Å². The smallest absolute Gasteiger partial charge is 0.0746 e. The largest absolute Gasteiger partial charge is 0.380 e. The second-order valence-corrected chi connectivity index (χ2v) is 7.16. The van der Waals surface area contributed by atoms with Crippen LogP contribution in [0.25, 0.3) is 0 Å². The molecule has 0 aliphatic carbocycles. The fourth-order valence-corrected chi connectivity index (χ4v) is 3.17. The highest BCUT2D eigenvalue weighted by molar-refractivity contribution is 9.10. The summed E-state index contributed by atoms with van der Waals surface area (Å²) in [4.78, 5) is 2.47. The van der Waals surface area contributed by atoms with E-state index in [1.165, 1.54) is 24.1 Å². The van der Waals surface area contributed by atoms with Gasteiger partial charge in [-0.25, -0.2) is 0 Å². The van der Waals surface area contributed by atoms with Crippen molar-refractivity contribution in [2.24, 2.45) is 5.92 Å². The molecule has 1 atom stereocenters. The van der Waals surface area contributed by atoms with Crippen molar-refractivity contribution in [3.8, 4) is 0 Å². The van der Waals surface area contributed by atoms with Gasteiger partial charge in [-0.3, -0.25) is 0 Å². The highest BCUT2D eigenvalue weighted by Gasteiger charge is 2.21. The lowest BCUT2D eigenvalue weighted by atomic mass is 10.0. The summed E-state index contributed by atoms with van der Waals surface area (Å²) < 4.78 is 6.70. The molecule has 0 radical (unpaired) electrons. The number of rotatable bonds is 6. The second kappa shape index (κ2) is 8.16. The molecule has 0 aromatic heterocycles. The predicted molar refractivity (Wildman–Crippen MR) is 92.9 cm³/mol. The van der Waals surface area contributed by atoms with E-state index >= 15 is 0 Å². The Labute approximate surface area is 137 Å². The van der Waals surface area contributed by atoms with E-state index in [0.717, 1.165) is 30.7 Å². The number of benzene rings is 1. The van der Waals surface area contributed by atoms with Crippen LogP contribution in [0.4, 0.5) is 5.69 Å². The lowest BCUT2D eigenvalue weighted by Gasteiger charge is -2.35. The first-order chi connectivity index (χ1) is 10.1. The van der Waals surface area contributed by atoms with Crippen LogP contribution in [0, 0.1) is 5.92 Å². The average Bonchev–Trinajstić information content (AvgIpc) is 2.48. The minimum absolute atomic E-state index is 0.356. The van der Waals surface area contributed by atoms with Crippen molar-refractivity contribution in [1.82, 2.24) is 5.32 Å². The Hall–Kier alpha value is -0.580. The van der Waals surface area contributed by atoms with Crippen LogP contribution < -0.4 is 10.2 Å². The Balaban J connectivity index is 2.10. The van der Waals surface area contributed by atoms with Crippen molar-refractivity contribution >= 4 is 21.6 Å². The Morgan fingerprint density at radius 3 is 2.95 bits per heavy atom. The van der Waals surface area contributed by atoms with E-state index in [1.54, 1.807) is 0 Å². The van der Waals surface area contributed by atoms with E-state index in [0.29, 0.717) is 12.0 Å². The van der Waals surface area contributed by atoms with Crippen molar-refractivity contribution in [3.63, 3.8) is 0 Å². The van der Waals surface area contributed by atoms with E-state index < -0.39 is 0 Å². The monoisotopic (exact) mass is 354 g/mol. The van der Waals surface area contributed by atoms with Gasteiger partial charge in [-0.2, -0.15) is 0 Å². The molecular formula is C17H27BrN2O. The van der Waals surface area contributed by atoms with Gasteiger partial charge >= 0.3 is 0 Å². The van der Waals surface area contributed by atoms with Gasteiger partial charge in [0, 0.05) is 36.9 Å². The molecule has 0 bridgehead atoms. The number of hydrogen-bond donors (Lipinski definition) is 1. The molecule has 1 aliphatic heterocycles. The fourth-order valence-electron chi connectivity index (χ4n) is 2.83. The number of piperidine rings is 1. The highest BCUT2D eigenvalue weighted by atomic mass is 79.9. The Morgan fingerprint density at radius 2 is 2.24 bits per heavy atom. The highest BCUT2D eigenvalue weighted by Crippen LogP contribution is 2.28. The number of ether oxygens (including phenoxy) is 1. The predicted octanol–water partition coefficient (Wildman–Crippen LogP) is 3.81. The maximum atomic E-state index is 5.56. The summed E-state index contributed by atoms with van der Waals surface area (Å²) in [5.41, 5.74) is 2.71. The zero-order chi connectivity index (χ0) is 15.2. The van der Waals surface area contributed by atoms with Crippen LogP contribution in [0.15, 0.2) is 22.7 Å². The number of halogens is 1. The molecule has 1 N–H and O–H groups in total. The fraction of sp³-hybridized carbons (Fsp3) is 0.647. The summed E-state index contributed by atoms with van der Waals surface area (Å²) in [5.74, 6) is 0.678. The van der Waals surface area contributed by atoms with Gasteiger partial charge in [0.1, 0.15) is 0 Å². The zero-order valence-corrected chi connectivity index (χ0v) is 14.9. The lowest BCUT2D eigenvalue weighted by molar-refractivity contribution is 0.0893. The third-order valence-electron chi connectivity index (χ3n) is 3.97. The molecule has 0 amide bonds. The number of methoxy groups -OCH3 is 1. The normalized spacial score (nSPS) is 19.3. The molecule has 0 saturated carbocycles. The number of anilines is 1. The third-order valence-corrected chi connectivity index (χ3v) is 4.46. The SMILES string of the molecule is COC1CCCN(c2cc(Br)ccc2CNCC(C)C)C1. The van der Waals surface area contributed by atoms with Crippen molar-refractivity contribution < 1.29 is 4.74 Å². The second-order valence-electron chi connectivity index (χ2n) is 6.24. The van der Waals surface area contributed by atoms with E-state index in [-0.39, 0.29) is 0 Å². The molecule has 1 aromatic rings. The van der Waals surface area contributed by atoms with Gasteiger partial charge in [-0.15, -0.1) is 0 Å². The van der Waals surface area contributed by atoms with Gasteiger partial charge in [0.25, 0.3) is 0 Å². The van der Waals surface area contributed by atoms with Gasteiger partial charge in [0.15, 0.2) is 0 Å². The molecule has 3 nitrogen and oxygen atoms in total. The number of nitrogens with zero attached hydrogens (tertiary/aromatic N) is 1. The van der Waals surface area contributed by atoms with Crippen LogP contribution in [-0.4, -0.2) is 32.8 Å². The molecule has 4 heteroatoms. The van der Waals surface area contributed by atoms with Gasteiger partial charge in [-0.1, -0.05) is 35.8 Å². The maximum absolute atomic E-state index is 5.56. The zero-order valence-electron chi connectivity index (χ0n) is 13.4. The summed E-state index contributed by atoms with van der Waals surface area (Å²) in [5, 5.41) is 3.55. The Bertz CT molecular complexity index is 450. The summed E-state index contributed by atoms with van der Waals surface area (Å²) in [6, 6.07) is 6.60. The van der Waals surface area contributed by atoms with Gasteiger partial charge in [0.05, 0.1) is 6.10 Å². The topological polar surface area (TPSA) is 24.5 Å². The quantitative estimate of drug-likeness (QED) is 0.840. The standard InChI is InChI=1S/C17H27BrN2O/c1-13(2)10-19-11-14-6-7-15(18)9-17(14)20-8-4-5-16(12-20)21-3/h6-7,9,13,16,19H,4-5,8,10-12H2,1-3H3. The molecule has 1 fully saturated rings. The molecule has 0 spiro atoms. The molecule has 21 heavy (non-hydrogen) atoms. The molecule has 1 saturated heterocycles. The summed E-state index contributed by atoms with van der Waals surface area (Å²) in [6.45, 7) is 8.56. The minimum atomic E-state index is 0.356. The molecular weight excluding hydrogens is 328 g/mol. The van der Waals surface area contributed by atoms with E-state index in [9.17, 15) is 0 Å². The van der Waals surface area contributed by atoms with E-state index in [1.807, 2.05) is 7.11 Å². The third kappa shape index (κ3) is 4.97. The first-order valence-corrected chi connectivity index (χ1v) is 8.66. The average molecular weight is 355 g/mol. The van der Waals surface area contributed by atoms with Crippen LogP contribution in [0.2, 0.25) is 0 Å². The van der Waals surface area contributed by atoms with Gasteiger partial charge < -0.3 is 15.0 Å². The lowest BCUT2D eigenvalue weighted by Crippen LogP contribution is -2.40. The molecule has 1 heterocycles. The molecule has 118 valence electrons. The number of nitrogens with one attached hydrogen (secondary N) is 1. The maximum Gasteiger partial charge on any atom is 0.0746 e.